The van der Waals surface area contributed by atoms with Gasteiger partial charge in [0.05, 0.1) is 8.06 Å². The first-order valence-corrected chi connectivity index (χ1v) is 9.14. The second-order valence-electron chi connectivity index (χ2n) is 6.77. The molecular weight excluding hydrogens is 428 g/mol. The van der Waals surface area contributed by atoms with E-state index in [1.807, 2.05) is 0 Å². The smallest absolute Gasteiger partial charge is 0.303 e. The van der Waals surface area contributed by atoms with E-state index in [2.05, 4.69) is 47.8 Å². The SMILES string of the molecule is CC(=O)O[C@]12[C@@H]3[C@H]4C[C@@H]5[C@@H]([C@@H]4[C@H]1Br)[C@@H]2C(Br)(Br)[C@@H]53. The quantitative estimate of drug-likeness (QED) is 0.462. The molecule has 98 valence electrons. The Balaban J connectivity index is 1.76. The minimum absolute atomic E-state index is 0.00146. The summed E-state index contributed by atoms with van der Waals surface area (Å²) in [6.45, 7) is 1.56. The monoisotopic (exact) mass is 438 g/mol. The Morgan fingerprint density at radius 3 is 2.56 bits per heavy atom. The van der Waals surface area contributed by atoms with E-state index in [4.69, 9.17) is 4.74 Å². The van der Waals surface area contributed by atoms with Crippen LogP contribution in [0.5, 0.6) is 0 Å². The maximum Gasteiger partial charge on any atom is 0.303 e. The van der Waals surface area contributed by atoms with Gasteiger partial charge in [0.1, 0.15) is 5.60 Å². The van der Waals surface area contributed by atoms with E-state index in [1.165, 1.54) is 6.42 Å². The largest absolute Gasteiger partial charge is 0.457 e. The number of hydrogen-bond donors (Lipinski definition) is 0. The molecule has 6 fully saturated rings. The molecule has 6 rings (SSSR count). The van der Waals surface area contributed by atoms with Crippen LogP contribution in [0.25, 0.3) is 0 Å². The van der Waals surface area contributed by atoms with Crippen molar-refractivity contribution < 1.29 is 9.53 Å². The number of rotatable bonds is 1. The predicted molar refractivity (Wildman–Crippen MR) is 76.8 cm³/mol. The van der Waals surface area contributed by atoms with E-state index in [-0.39, 0.29) is 14.8 Å². The molecule has 0 aromatic heterocycles. The Bertz CT molecular complexity index is 493. The van der Waals surface area contributed by atoms with Gasteiger partial charge in [0.25, 0.3) is 0 Å². The van der Waals surface area contributed by atoms with Crippen LogP contribution in [-0.4, -0.2) is 19.6 Å². The van der Waals surface area contributed by atoms with Crippen LogP contribution in [0.15, 0.2) is 0 Å². The normalized spacial score (nSPS) is 67.6. The van der Waals surface area contributed by atoms with E-state index in [1.54, 1.807) is 6.92 Å². The van der Waals surface area contributed by atoms with Gasteiger partial charge in [-0.15, -0.1) is 0 Å². The van der Waals surface area contributed by atoms with Gasteiger partial charge in [0, 0.05) is 18.8 Å². The summed E-state index contributed by atoms with van der Waals surface area (Å²) in [5.41, 5.74) is -0.240. The summed E-state index contributed by atoms with van der Waals surface area (Å²) < 4.78 is 5.98. The minimum Gasteiger partial charge on any atom is -0.457 e. The number of ether oxygens (including phenoxy) is 1. The molecule has 0 unspecified atom stereocenters. The molecule has 6 bridgehead atoms. The van der Waals surface area contributed by atoms with Gasteiger partial charge >= 0.3 is 5.97 Å². The fourth-order valence-electron chi connectivity index (χ4n) is 6.89. The van der Waals surface area contributed by atoms with Crippen LogP contribution >= 0.6 is 47.8 Å². The van der Waals surface area contributed by atoms with Crippen molar-refractivity contribution in [2.45, 2.75) is 27.0 Å². The van der Waals surface area contributed by atoms with E-state index in [0.29, 0.717) is 22.6 Å². The van der Waals surface area contributed by atoms with E-state index >= 15 is 0 Å². The van der Waals surface area contributed by atoms with Gasteiger partial charge < -0.3 is 4.74 Å². The summed E-state index contributed by atoms with van der Waals surface area (Å²) in [7, 11) is 0. The number of esters is 1. The highest BCUT2D eigenvalue weighted by atomic mass is 79.9. The van der Waals surface area contributed by atoms with E-state index in [0.717, 1.165) is 23.7 Å². The second-order valence-corrected chi connectivity index (χ2v) is 11.4. The molecule has 0 radical (unpaired) electrons. The first-order chi connectivity index (χ1) is 8.42. The number of carbonyl (C=O) groups excluding carboxylic acids is 1. The van der Waals surface area contributed by atoms with Gasteiger partial charge in [0.2, 0.25) is 0 Å². The molecule has 6 aliphatic carbocycles. The maximum absolute atomic E-state index is 11.6. The van der Waals surface area contributed by atoms with Gasteiger partial charge in [-0.1, -0.05) is 47.8 Å². The lowest BCUT2D eigenvalue weighted by atomic mass is 9.69. The van der Waals surface area contributed by atoms with Gasteiger partial charge in [-0.25, -0.2) is 0 Å². The summed E-state index contributed by atoms with van der Waals surface area (Å²) in [4.78, 5) is 12.0. The molecule has 0 amide bonds. The summed E-state index contributed by atoms with van der Waals surface area (Å²) in [6.07, 6.45) is 1.35. The van der Waals surface area contributed by atoms with Gasteiger partial charge in [-0.3, -0.25) is 4.79 Å². The zero-order valence-electron chi connectivity index (χ0n) is 9.78. The van der Waals surface area contributed by atoms with Gasteiger partial charge in [-0.05, 0) is 36.0 Å². The van der Waals surface area contributed by atoms with Crippen molar-refractivity contribution in [1.82, 2.24) is 0 Å². The topological polar surface area (TPSA) is 26.3 Å². The zero-order valence-corrected chi connectivity index (χ0v) is 14.5. The number of hydrogen-bond acceptors (Lipinski definition) is 2. The summed E-state index contributed by atoms with van der Waals surface area (Å²) >= 11 is 11.8. The first-order valence-electron chi connectivity index (χ1n) is 6.64. The molecule has 0 aliphatic heterocycles. The van der Waals surface area contributed by atoms with Crippen LogP contribution < -0.4 is 0 Å². The molecule has 0 aromatic rings. The van der Waals surface area contributed by atoms with Crippen LogP contribution in [0.2, 0.25) is 0 Å². The van der Waals surface area contributed by atoms with Crippen LogP contribution in [0, 0.1) is 41.4 Å². The number of alkyl halides is 3. The Morgan fingerprint density at radius 2 is 1.89 bits per heavy atom. The fourth-order valence-corrected chi connectivity index (χ4v) is 10.9. The minimum atomic E-state index is -0.240. The third kappa shape index (κ3) is 0.828. The van der Waals surface area contributed by atoms with Crippen LogP contribution in [0.1, 0.15) is 13.3 Å². The average Bonchev–Trinajstić information content (AvgIpc) is 2.93. The Kier molecular flexibility index (Phi) is 1.87. The zero-order chi connectivity index (χ0) is 12.6. The molecule has 0 aromatic carbocycles. The summed E-state index contributed by atoms with van der Waals surface area (Å²) in [5, 5.41) is 0. The lowest BCUT2D eigenvalue weighted by Crippen LogP contribution is -2.49. The van der Waals surface area contributed by atoms with Crippen molar-refractivity contribution in [1.29, 1.82) is 0 Å². The molecule has 6 saturated carbocycles. The Morgan fingerprint density at radius 1 is 1.22 bits per heavy atom. The first kappa shape index (κ1) is 11.6. The van der Waals surface area contributed by atoms with Crippen molar-refractivity contribution in [2.75, 3.05) is 0 Å². The molecule has 2 nitrogen and oxygen atoms in total. The van der Waals surface area contributed by atoms with Crippen molar-refractivity contribution in [2.24, 2.45) is 41.4 Å². The molecule has 6 aliphatic rings. The van der Waals surface area contributed by atoms with Gasteiger partial charge in [0.15, 0.2) is 0 Å². The van der Waals surface area contributed by atoms with Crippen molar-refractivity contribution >= 4 is 53.8 Å². The molecule has 0 saturated heterocycles. The average molecular weight is 441 g/mol. The summed E-state index contributed by atoms with van der Waals surface area (Å²) in [5.74, 6) is 4.64. The lowest BCUT2D eigenvalue weighted by Gasteiger charge is -2.41. The standard InChI is InChI=1S/C13H13Br3O2/c1-3(17)18-12-8-5-2-4-6(7(5)11(12)14)10(12)13(15,16)9(4)8/h4-11H,2H2,1H3/t4-,5+,6+,7-,8-,9+,10+,11-,12+/m1/s1. The van der Waals surface area contributed by atoms with E-state index < -0.39 is 0 Å². The Hall–Kier alpha value is 0.910. The maximum atomic E-state index is 11.6. The molecule has 0 N–H and O–H groups in total. The second kappa shape index (κ2) is 2.92. The van der Waals surface area contributed by atoms with Crippen LogP contribution in [-0.2, 0) is 9.53 Å². The molecule has 18 heavy (non-hydrogen) atoms. The third-order valence-electron chi connectivity index (χ3n) is 6.63. The molecular formula is C13H13Br3O2. The fraction of sp³-hybridized carbons (Fsp3) is 0.923. The predicted octanol–water partition coefficient (Wildman–Crippen LogP) is 3.31. The molecule has 5 heteroatoms. The number of halogens is 3. The summed E-state index contributed by atoms with van der Waals surface area (Å²) in [6, 6.07) is 0. The van der Waals surface area contributed by atoms with Crippen LogP contribution in [0.3, 0.4) is 0 Å². The van der Waals surface area contributed by atoms with Crippen molar-refractivity contribution in [3.8, 4) is 0 Å². The number of carbonyl (C=O) groups is 1. The highest BCUT2D eigenvalue weighted by Gasteiger charge is 2.93. The molecule has 9 atom stereocenters. The molecule has 0 spiro atoms. The highest BCUT2D eigenvalue weighted by Crippen LogP contribution is 2.90. The third-order valence-corrected chi connectivity index (χ3v) is 10.00. The van der Waals surface area contributed by atoms with Crippen molar-refractivity contribution in [3.05, 3.63) is 0 Å². The van der Waals surface area contributed by atoms with E-state index in [9.17, 15) is 4.79 Å². The van der Waals surface area contributed by atoms with Crippen LogP contribution in [0.4, 0.5) is 0 Å². The van der Waals surface area contributed by atoms with Gasteiger partial charge in [-0.2, -0.15) is 0 Å². The Labute approximate surface area is 131 Å². The molecule has 0 heterocycles. The van der Waals surface area contributed by atoms with Crippen molar-refractivity contribution in [3.63, 3.8) is 0 Å². The lowest BCUT2D eigenvalue weighted by molar-refractivity contribution is -0.167. The highest BCUT2D eigenvalue weighted by molar-refractivity contribution is 9.25.